The summed E-state index contributed by atoms with van der Waals surface area (Å²) in [5, 5.41) is 0.702. The van der Waals surface area contributed by atoms with Gasteiger partial charge in [0, 0.05) is 24.1 Å². The van der Waals surface area contributed by atoms with Crippen LogP contribution in [0.15, 0.2) is 24.3 Å². The number of nitrogens with zero attached hydrogens (tertiary/aromatic N) is 1. The molecule has 0 amide bonds. The van der Waals surface area contributed by atoms with Crippen LogP contribution >= 0.6 is 15.9 Å². The smallest absolute Gasteiger partial charge is 0.368 e. The standard InChI is InChI=1S/C14H17BrF3NO/c1-13(2)9-19(8-12(7-15)20-13)11-5-3-10(4-6-11)14(16,17)18/h3-6,12H,7-9H2,1-2H3. The molecule has 2 nitrogen and oxygen atoms in total. The monoisotopic (exact) mass is 351 g/mol. The predicted octanol–water partition coefficient (Wildman–Crippen LogP) is 4.08. The van der Waals surface area contributed by atoms with Crippen LogP contribution in [0.5, 0.6) is 0 Å². The summed E-state index contributed by atoms with van der Waals surface area (Å²) in [6.07, 6.45) is -4.26. The molecule has 1 fully saturated rings. The molecule has 1 heterocycles. The molecule has 2 rings (SSSR count). The highest BCUT2D eigenvalue weighted by Crippen LogP contribution is 2.32. The molecular weight excluding hydrogens is 335 g/mol. The number of hydrogen-bond donors (Lipinski definition) is 0. The van der Waals surface area contributed by atoms with Gasteiger partial charge >= 0.3 is 6.18 Å². The van der Waals surface area contributed by atoms with Crippen LogP contribution in [-0.2, 0) is 10.9 Å². The van der Waals surface area contributed by atoms with Crippen LogP contribution < -0.4 is 4.90 Å². The summed E-state index contributed by atoms with van der Waals surface area (Å²) in [6, 6.07) is 5.30. The Bertz CT molecular complexity index is 458. The van der Waals surface area contributed by atoms with Gasteiger partial charge in [0.1, 0.15) is 0 Å². The fourth-order valence-corrected chi connectivity index (χ4v) is 2.77. The molecule has 0 radical (unpaired) electrons. The second-order valence-corrected chi connectivity index (χ2v) is 6.23. The van der Waals surface area contributed by atoms with Gasteiger partial charge in [0.2, 0.25) is 0 Å². The van der Waals surface area contributed by atoms with Gasteiger partial charge in [-0.3, -0.25) is 0 Å². The number of hydrogen-bond acceptors (Lipinski definition) is 2. The number of ether oxygens (including phenoxy) is 1. The number of alkyl halides is 4. The number of benzene rings is 1. The van der Waals surface area contributed by atoms with Gasteiger partial charge in [0.15, 0.2) is 0 Å². The second kappa shape index (κ2) is 5.56. The number of rotatable bonds is 2. The molecule has 1 aliphatic rings. The molecule has 1 atom stereocenters. The normalized spacial score (nSPS) is 22.9. The van der Waals surface area contributed by atoms with Crippen molar-refractivity contribution < 1.29 is 17.9 Å². The molecule has 0 N–H and O–H groups in total. The van der Waals surface area contributed by atoms with Gasteiger partial charge in [-0.05, 0) is 38.1 Å². The molecule has 1 aromatic carbocycles. The maximum absolute atomic E-state index is 12.6. The van der Waals surface area contributed by atoms with Crippen LogP contribution in [0.2, 0.25) is 0 Å². The molecule has 20 heavy (non-hydrogen) atoms. The van der Waals surface area contributed by atoms with Crippen molar-refractivity contribution in [2.75, 3.05) is 23.3 Å². The number of anilines is 1. The van der Waals surface area contributed by atoms with E-state index in [0.717, 1.165) is 17.8 Å². The summed E-state index contributed by atoms with van der Waals surface area (Å²) >= 11 is 3.40. The van der Waals surface area contributed by atoms with Gasteiger partial charge in [-0.15, -0.1) is 0 Å². The first-order chi connectivity index (χ1) is 9.21. The van der Waals surface area contributed by atoms with Gasteiger partial charge in [-0.1, -0.05) is 15.9 Å². The SMILES string of the molecule is CC1(C)CN(c2ccc(C(F)(F)F)cc2)CC(CBr)O1. The van der Waals surface area contributed by atoms with Gasteiger partial charge in [-0.25, -0.2) is 0 Å². The van der Waals surface area contributed by atoms with E-state index in [1.807, 2.05) is 13.8 Å². The van der Waals surface area contributed by atoms with E-state index in [2.05, 4.69) is 20.8 Å². The van der Waals surface area contributed by atoms with Crippen molar-refractivity contribution in [1.82, 2.24) is 0 Å². The summed E-state index contributed by atoms with van der Waals surface area (Å²) in [5.41, 5.74) is -0.148. The Balaban J connectivity index is 2.18. The zero-order valence-electron chi connectivity index (χ0n) is 11.4. The lowest BCUT2D eigenvalue weighted by Gasteiger charge is -2.43. The van der Waals surface area contributed by atoms with Crippen molar-refractivity contribution in [3.63, 3.8) is 0 Å². The average molecular weight is 352 g/mol. The highest BCUT2D eigenvalue weighted by atomic mass is 79.9. The highest BCUT2D eigenvalue weighted by Gasteiger charge is 2.34. The van der Waals surface area contributed by atoms with Crippen molar-refractivity contribution in [2.24, 2.45) is 0 Å². The molecule has 1 aliphatic heterocycles. The highest BCUT2D eigenvalue weighted by molar-refractivity contribution is 9.09. The van der Waals surface area contributed by atoms with Crippen molar-refractivity contribution >= 4 is 21.6 Å². The van der Waals surface area contributed by atoms with Crippen molar-refractivity contribution in [2.45, 2.75) is 31.7 Å². The molecule has 1 unspecified atom stereocenters. The lowest BCUT2D eigenvalue weighted by Crippen LogP contribution is -2.53. The van der Waals surface area contributed by atoms with Gasteiger partial charge < -0.3 is 9.64 Å². The zero-order chi connectivity index (χ0) is 15.0. The van der Waals surface area contributed by atoms with Gasteiger partial charge in [-0.2, -0.15) is 13.2 Å². The Labute approximate surface area is 125 Å². The Kier molecular flexibility index (Phi) is 4.35. The summed E-state index contributed by atoms with van der Waals surface area (Å²) in [7, 11) is 0. The first-order valence-corrected chi connectivity index (χ1v) is 7.49. The van der Waals surface area contributed by atoms with Crippen LogP contribution in [0.25, 0.3) is 0 Å². The third kappa shape index (κ3) is 3.67. The molecule has 0 aliphatic carbocycles. The van der Waals surface area contributed by atoms with Crippen LogP contribution in [-0.4, -0.2) is 30.1 Å². The molecule has 6 heteroatoms. The van der Waals surface area contributed by atoms with Crippen molar-refractivity contribution in [1.29, 1.82) is 0 Å². The van der Waals surface area contributed by atoms with E-state index in [4.69, 9.17) is 4.74 Å². The molecule has 1 aromatic rings. The molecule has 1 saturated heterocycles. The third-order valence-corrected chi connectivity index (χ3v) is 3.94. The topological polar surface area (TPSA) is 12.5 Å². The fourth-order valence-electron chi connectivity index (χ4n) is 2.43. The summed E-state index contributed by atoms with van der Waals surface area (Å²) in [6.45, 7) is 5.29. The summed E-state index contributed by atoms with van der Waals surface area (Å²) < 4.78 is 43.6. The molecule has 0 bridgehead atoms. The number of morpholine rings is 1. The van der Waals surface area contributed by atoms with E-state index in [1.54, 1.807) is 0 Å². The maximum Gasteiger partial charge on any atom is 0.416 e. The van der Waals surface area contributed by atoms with Crippen LogP contribution in [0.3, 0.4) is 0 Å². The zero-order valence-corrected chi connectivity index (χ0v) is 13.0. The molecule has 112 valence electrons. The Morgan fingerprint density at radius 2 is 1.90 bits per heavy atom. The maximum atomic E-state index is 12.6. The van der Waals surface area contributed by atoms with Crippen molar-refractivity contribution in [3.8, 4) is 0 Å². The summed E-state index contributed by atoms with van der Waals surface area (Å²) in [4.78, 5) is 2.07. The van der Waals surface area contributed by atoms with Crippen molar-refractivity contribution in [3.05, 3.63) is 29.8 Å². The number of halogens is 4. The molecule has 0 aromatic heterocycles. The van der Waals surface area contributed by atoms with E-state index in [9.17, 15) is 13.2 Å². The second-order valence-electron chi connectivity index (χ2n) is 5.58. The van der Waals surface area contributed by atoms with E-state index < -0.39 is 11.7 Å². The predicted molar refractivity (Wildman–Crippen MR) is 76.4 cm³/mol. The first-order valence-electron chi connectivity index (χ1n) is 6.37. The summed E-state index contributed by atoms with van der Waals surface area (Å²) in [5.74, 6) is 0. The minimum Gasteiger partial charge on any atom is -0.368 e. The minimum absolute atomic E-state index is 0.0287. The largest absolute Gasteiger partial charge is 0.416 e. The van der Waals surface area contributed by atoms with Crippen LogP contribution in [0.4, 0.5) is 18.9 Å². The molecule has 0 saturated carbocycles. The first kappa shape index (κ1) is 15.6. The van der Waals surface area contributed by atoms with Gasteiger partial charge in [0.25, 0.3) is 0 Å². The quantitative estimate of drug-likeness (QED) is 0.744. The van der Waals surface area contributed by atoms with E-state index in [1.165, 1.54) is 12.1 Å². The Hall–Kier alpha value is -0.750. The van der Waals surface area contributed by atoms with Crippen LogP contribution in [0, 0.1) is 0 Å². The minimum atomic E-state index is -4.29. The Morgan fingerprint density at radius 3 is 2.40 bits per heavy atom. The Morgan fingerprint density at radius 1 is 1.30 bits per heavy atom. The van der Waals surface area contributed by atoms with E-state index in [0.29, 0.717) is 18.4 Å². The molecule has 0 spiro atoms. The lowest BCUT2D eigenvalue weighted by atomic mass is 10.0. The lowest BCUT2D eigenvalue weighted by molar-refractivity contribution is -0.137. The third-order valence-electron chi connectivity index (χ3n) is 3.21. The van der Waals surface area contributed by atoms with E-state index >= 15 is 0 Å². The fraction of sp³-hybridized carbons (Fsp3) is 0.571. The van der Waals surface area contributed by atoms with Gasteiger partial charge in [0.05, 0.1) is 17.3 Å². The van der Waals surface area contributed by atoms with Crippen LogP contribution in [0.1, 0.15) is 19.4 Å². The van der Waals surface area contributed by atoms with E-state index in [-0.39, 0.29) is 11.7 Å². The molecular formula is C14H17BrF3NO. The average Bonchev–Trinajstić information content (AvgIpc) is 2.36.